The molecule has 80 valence electrons. The summed E-state index contributed by atoms with van der Waals surface area (Å²) in [5.41, 5.74) is 0. The molecule has 3 heteroatoms. The Morgan fingerprint density at radius 3 is 2.67 bits per heavy atom. The number of carbonyl (C=O) groups excluding carboxylic acids is 1. The van der Waals surface area contributed by atoms with Gasteiger partial charge in [-0.25, -0.2) is 0 Å². The summed E-state index contributed by atoms with van der Waals surface area (Å²) in [4.78, 5) is 12.8. The monoisotopic (exact) mass is 221 g/mol. The Balaban J connectivity index is 1.85. The lowest BCUT2D eigenvalue weighted by Crippen LogP contribution is -2.32. The zero-order chi connectivity index (χ0) is 10.7. The second kappa shape index (κ2) is 4.71. The van der Waals surface area contributed by atoms with Crippen molar-refractivity contribution in [3.8, 4) is 0 Å². The zero-order valence-corrected chi connectivity index (χ0v) is 9.59. The van der Waals surface area contributed by atoms with Crippen molar-refractivity contribution in [2.75, 3.05) is 0 Å². The van der Waals surface area contributed by atoms with Crippen LogP contribution in [0.15, 0.2) is 35.2 Å². The molecule has 1 amide bonds. The lowest BCUT2D eigenvalue weighted by Gasteiger charge is -2.10. The third kappa shape index (κ3) is 3.27. The second-order valence-corrected chi connectivity index (χ2v) is 5.27. The molecule has 0 spiro atoms. The third-order valence-electron chi connectivity index (χ3n) is 2.35. The molecule has 0 unspecified atom stereocenters. The van der Waals surface area contributed by atoms with Crippen LogP contribution in [0, 0.1) is 0 Å². The van der Waals surface area contributed by atoms with Crippen molar-refractivity contribution in [2.45, 2.75) is 36.0 Å². The van der Waals surface area contributed by atoms with E-state index in [-0.39, 0.29) is 11.2 Å². The van der Waals surface area contributed by atoms with Gasteiger partial charge in [-0.3, -0.25) is 4.79 Å². The van der Waals surface area contributed by atoms with Crippen LogP contribution in [0.2, 0.25) is 0 Å². The van der Waals surface area contributed by atoms with Crippen molar-refractivity contribution in [3.05, 3.63) is 30.3 Å². The predicted octanol–water partition coefficient (Wildman–Crippen LogP) is 2.45. The molecule has 1 N–H and O–H groups in total. The van der Waals surface area contributed by atoms with E-state index in [1.807, 2.05) is 37.3 Å². The zero-order valence-electron chi connectivity index (χ0n) is 8.77. The Kier molecular flexibility index (Phi) is 3.31. The highest BCUT2D eigenvalue weighted by molar-refractivity contribution is 8.00. The Morgan fingerprint density at radius 1 is 1.40 bits per heavy atom. The number of nitrogens with one attached hydrogen (secondary N) is 1. The van der Waals surface area contributed by atoms with Gasteiger partial charge in [0.15, 0.2) is 0 Å². The standard InChI is InChI=1S/C12H15NOS/c1-9(12(14)13-10-7-8-10)15-11-5-3-2-4-6-11/h2-6,9-10H,7-8H2,1H3,(H,13,14)/t9-/m0/s1. The Labute approximate surface area is 94.4 Å². The van der Waals surface area contributed by atoms with Crippen molar-refractivity contribution in [1.82, 2.24) is 5.32 Å². The maximum Gasteiger partial charge on any atom is 0.233 e. The van der Waals surface area contributed by atoms with E-state index in [0.29, 0.717) is 6.04 Å². The van der Waals surface area contributed by atoms with Crippen molar-refractivity contribution in [1.29, 1.82) is 0 Å². The number of amides is 1. The quantitative estimate of drug-likeness (QED) is 0.791. The number of thioether (sulfide) groups is 1. The number of hydrogen-bond acceptors (Lipinski definition) is 2. The lowest BCUT2D eigenvalue weighted by molar-refractivity contribution is -0.120. The molecule has 1 aliphatic rings. The molecule has 1 aliphatic carbocycles. The highest BCUT2D eigenvalue weighted by Crippen LogP contribution is 2.24. The summed E-state index contributed by atoms with van der Waals surface area (Å²) >= 11 is 1.61. The van der Waals surface area contributed by atoms with Gasteiger partial charge in [-0.15, -0.1) is 11.8 Å². The molecule has 0 aliphatic heterocycles. The highest BCUT2D eigenvalue weighted by Gasteiger charge is 2.25. The van der Waals surface area contributed by atoms with E-state index in [9.17, 15) is 4.79 Å². The molecule has 0 radical (unpaired) electrons. The minimum atomic E-state index is -0.00648. The number of carbonyl (C=O) groups is 1. The number of rotatable bonds is 4. The smallest absolute Gasteiger partial charge is 0.233 e. The fourth-order valence-electron chi connectivity index (χ4n) is 1.30. The van der Waals surface area contributed by atoms with Gasteiger partial charge in [0.2, 0.25) is 5.91 Å². The second-order valence-electron chi connectivity index (χ2n) is 3.86. The van der Waals surface area contributed by atoms with Crippen LogP contribution in [-0.4, -0.2) is 17.2 Å². The molecule has 0 bridgehead atoms. The van der Waals surface area contributed by atoms with Crippen LogP contribution in [0.1, 0.15) is 19.8 Å². The van der Waals surface area contributed by atoms with E-state index in [2.05, 4.69) is 5.32 Å². The van der Waals surface area contributed by atoms with Crippen molar-refractivity contribution in [2.24, 2.45) is 0 Å². The topological polar surface area (TPSA) is 29.1 Å². The minimum Gasteiger partial charge on any atom is -0.352 e. The summed E-state index contributed by atoms with van der Waals surface area (Å²) < 4.78 is 0. The molecule has 1 atom stereocenters. The molecule has 2 rings (SSSR count). The molecule has 15 heavy (non-hydrogen) atoms. The first-order valence-electron chi connectivity index (χ1n) is 5.28. The molecular formula is C12H15NOS. The summed E-state index contributed by atoms with van der Waals surface area (Å²) in [6, 6.07) is 10.5. The molecular weight excluding hydrogens is 206 g/mol. The maximum atomic E-state index is 11.7. The summed E-state index contributed by atoms with van der Waals surface area (Å²) in [7, 11) is 0. The molecule has 1 saturated carbocycles. The van der Waals surface area contributed by atoms with Crippen molar-refractivity contribution < 1.29 is 4.79 Å². The molecule has 0 saturated heterocycles. The van der Waals surface area contributed by atoms with Gasteiger partial charge in [0, 0.05) is 10.9 Å². The average molecular weight is 221 g/mol. The number of hydrogen-bond donors (Lipinski definition) is 1. The third-order valence-corrected chi connectivity index (χ3v) is 3.46. The van der Waals surface area contributed by atoms with E-state index >= 15 is 0 Å². The maximum absolute atomic E-state index is 11.7. The van der Waals surface area contributed by atoms with Gasteiger partial charge in [0.25, 0.3) is 0 Å². The van der Waals surface area contributed by atoms with Gasteiger partial charge >= 0.3 is 0 Å². The SMILES string of the molecule is C[C@H](Sc1ccccc1)C(=O)NC1CC1. The first kappa shape index (κ1) is 10.6. The van der Waals surface area contributed by atoms with E-state index in [4.69, 9.17) is 0 Å². The fraction of sp³-hybridized carbons (Fsp3) is 0.417. The average Bonchev–Trinajstić information content (AvgIpc) is 3.03. The van der Waals surface area contributed by atoms with Crippen LogP contribution in [-0.2, 0) is 4.79 Å². The van der Waals surface area contributed by atoms with E-state index < -0.39 is 0 Å². The molecule has 1 fully saturated rings. The summed E-state index contributed by atoms with van der Waals surface area (Å²) in [6.45, 7) is 1.95. The Morgan fingerprint density at radius 2 is 2.07 bits per heavy atom. The van der Waals surface area contributed by atoms with E-state index in [1.54, 1.807) is 11.8 Å². The first-order valence-corrected chi connectivity index (χ1v) is 6.16. The van der Waals surface area contributed by atoms with Gasteiger partial charge < -0.3 is 5.32 Å². The van der Waals surface area contributed by atoms with Crippen molar-refractivity contribution in [3.63, 3.8) is 0 Å². The first-order chi connectivity index (χ1) is 7.25. The predicted molar refractivity (Wildman–Crippen MR) is 62.9 cm³/mol. The fourth-order valence-corrected chi connectivity index (χ4v) is 2.20. The molecule has 0 aromatic heterocycles. The summed E-state index contributed by atoms with van der Waals surface area (Å²) in [6.07, 6.45) is 2.29. The Bertz CT molecular complexity index is 335. The van der Waals surface area contributed by atoms with Crippen LogP contribution in [0.4, 0.5) is 0 Å². The minimum absolute atomic E-state index is 0.00648. The van der Waals surface area contributed by atoms with Gasteiger partial charge in [-0.1, -0.05) is 18.2 Å². The molecule has 1 aromatic rings. The number of benzene rings is 1. The largest absolute Gasteiger partial charge is 0.352 e. The molecule has 0 heterocycles. The van der Waals surface area contributed by atoms with Gasteiger partial charge in [-0.05, 0) is 31.9 Å². The van der Waals surface area contributed by atoms with Crippen LogP contribution in [0.25, 0.3) is 0 Å². The van der Waals surface area contributed by atoms with Crippen molar-refractivity contribution >= 4 is 17.7 Å². The summed E-state index contributed by atoms with van der Waals surface area (Å²) in [5, 5.41) is 3.01. The van der Waals surface area contributed by atoms with Crippen LogP contribution in [0.3, 0.4) is 0 Å². The van der Waals surface area contributed by atoms with E-state index in [0.717, 1.165) is 17.7 Å². The highest BCUT2D eigenvalue weighted by atomic mass is 32.2. The van der Waals surface area contributed by atoms with Crippen LogP contribution < -0.4 is 5.32 Å². The molecule has 1 aromatic carbocycles. The van der Waals surface area contributed by atoms with Crippen LogP contribution in [0.5, 0.6) is 0 Å². The van der Waals surface area contributed by atoms with Gasteiger partial charge in [0.05, 0.1) is 5.25 Å². The normalized spacial score (nSPS) is 17.1. The Hall–Kier alpha value is -0.960. The van der Waals surface area contributed by atoms with Gasteiger partial charge in [0.1, 0.15) is 0 Å². The molecule has 2 nitrogen and oxygen atoms in total. The lowest BCUT2D eigenvalue weighted by atomic mass is 10.4. The summed E-state index contributed by atoms with van der Waals surface area (Å²) in [5.74, 6) is 0.159. The van der Waals surface area contributed by atoms with E-state index in [1.165, 1.54) is 0 Å². The van der Waals surface area contributed by atoms with Gasteiger partial charge in [-0.2, -0.15) is 0 Å². The van der Waals surface area contributed by atoms with Crippen LogP contribution >= 0.6 is 11.8 Å².